The number of halogens is 1. The second-order valence-electron chi connectivity index (χ2n) is 3.82. The fourth-order valence-corrected chi connectivity index (χ4v) is 1.99. The molecule has 6 nitrogen and oxygen atoms in total. The Bertz CT molecular complexity index is 415. The fourth-order valence-electron chi connectivity index (χ4n) is 1.83. The van der Waals surface area contributed by atoms with Gasteiger partial charge in [0.1, 0.15) is 6.04 Å². The fraction of sp³-hybridized carbons (Fsp3) is 0.500. The van der Waals surface area contributed by atoms with Crippen LogP contribution in [0.3, 0.4) is 0 Å². The Hall–Kier alpha value is -1.24. The molecule has 0 saturated carbocycles. The monoisotopic (exact) mass is 256 g/mol. The Morgan fingerprint density at radius 2 is 2.35 bits per heavy atom. The molecule has 0 radical (unpaired) electrons. The Kier molecular flexibility index (Phi) is 3.88. The lowest BCUT2D eigenvalue weighted by atomic mass is 10.2. The highest BCUT2D eigenvalue weighted by molar-refractivity contribution is 6.29. The number of nitrogens with one attached hydrogen (secondary N) is 1. The van der Waals surface area contributed by atoms with Crippen LogP contribution in [0, 0.1) is 0 Å². The van der Waals surface area contributed by atoms with Crippen molar-refractivity contribution in [3.8, 4) is 0 Å². The first-order chi connectivity index (χ1) is 8.18. The standard InChI is InChI=1S/C10H13ClN4O2/c11-9-7(13-1-2-14-9)6-15-4-3-12-5-8(15)10(16)17/h1-2,8,12H,3-6H2,(H,16,17). The van der Waals surface area contributed by atoms with Crippen molar-refractivity contribution in [1.29, 1.82) is 0 Å². The second-order valence-corrected chi connectivity index (χ2v) is 4.18. The number of rotatable bonds is 3. The number of piperazine rings is 1. The normalized spacial score (nSPS) is 21.4. The van der Waals surface area contributed by atoms with Gasteiger partial charge in [-0.25, -0.2) is 4.98 Å². The Balaban J connectivity index is 2.11. The number of hydrogen-bond donors (Lipinski definition) is 2. The van der Waals surface area contributed by atoms with Crippen molar-refractivity contribution in [3.63, 3.8) is 0 Å². The highest BCUT2D eigenvalue weighted by Crippen LogP contribution is 2.14. The van der Waals surface area contributed by atoms with E-state index in [2.05, 4.69) is 15.3 Å². The molecule has 1 aromatic rings. The Morgan fingerprint density at radius 3 is 3.06 bits per heavy atom. The summed E-state index contributed by atoms with van der Waals surface area (Å²) < 4.78 is 0. The topological polar surface area (TPSA) is 78.4 Å². The van der Waals surface area contributed by atoms with Crippen molar-refractivity contribution in [2.45, 2.75) is 12.6 Å². The van der Waals surface area contributed by atoms with Crippen LogP contribution >= 0.6 is 11.6 Å². The van der Waals surface area contributed by atoms with E-state index in [0.717, 1.165) is 6.54 Å². The maximum Gasteiger partial charge on any atom is 0.322 e. The maximum absolute atomic E-state index is 11.1. The zero-order chi connectivity index (χ0) is 12.3. The lowest BCUT2D eigenvalue weighted by molar-refractivity contribution is -0.144. The molecular formula is C10H13ClN4O2. The lowest BCUT2D eigenvalue weighted by Crippen LogP contribution is -2.54. The number of aliphatic carboxylic acids is 1. The van der Waals surface area contributed by atoms with E-state index in [1.807, 2.05) is 4.90 Å². The van der Waals surface area contributed by atoms with E-state index in [4.69, 9.17) is 16.7 Å². The Morgan fingerprint density at radius 1 is 1.59 bits per heavy atom. The number of carbonyl (C=O) groups is 1. The molecule has 1 saturated heterocycles. The van der Waals surface area contributed by atoms with E-state index in [-0.39, 0.29) is 0 Å². The van der Waals surface area contributed by atoms with Gasteiger partial charge in [-0.2, -0.15) is 0 Å². The first-order valence-electron chi connectivity index (χ1n) is 5.31. The van der Waals surface area contributed by atoms with Gasteiger partial charge < -0.3 is 10.4 Å². The van der Waals surface area contributed by atoms with Gasteiger partial charge in [0.05, 0.1) is 5.69 Å². The van der Waals surface area contributed by atoms with E-state index in [9.17, 15) is 4.79 Å². The quantitative estimate of drug-likeness (QED) is 0.792. The van der Waals surface area contributed by atoms with Gasteiger partial charge in [-0.3, -0.25) is 14.7 Å². The maximum atomic E-state index is 11.1. The predicted molar refractivity (Wildman–Crippen MR) is 61.7 cm³/mol. The van der Waals surface area contributed by atoms with Gasteiger partial charge in [-0.05, 0) is 0 Å². The summed E-state index contributed by atoms with van der Waals surface area (Å²) in [6, 6.07) is -0.540. The van der Waals surface area contributed by atoms with Crippen LogP contribution < -0.4 is 5.32 Å². The van der Waals surface area contributed by atoms with Crippen LogP contribution in [-0.2, 0) is 11.3 Å². The lowest BCUT2D eigenvalue weighted by Gasteiger charge is -2.33. The molecule has 0 spiro atoms. The minimum atomic E-state index is -0.836. The minimum Gasteiger partial charge on any atom is -0.480 e. The van der Waals surface area contributed by atoms with Crippen molar-refractivity contribution in [2.75, 3.05) is 19.6 Å². The highest BCUT2D eigenvalue weighted by atomic mass is 35.5. The second kappa shape index (κ2) is 5.39. The summed E-state index contributed by atoms with van der Waals surface area (Å²) in [4.78, 5) is 21.0. The molecule has 1 atom stereocenters. The number of nitrogens with zero attached hydrogens (tertiary/aromatic N) is 3. The number of carboxylic acid groups (broad SMARTS) is 1. The molecule has 0 aliphatic carbocycles. The summed E-state index contributed by atoms with van der Waals surface area (Å²) in [7, 11) is 0. The molecule has 17 heavy (non-hydrogen) atoms. The number of carboxylic acids is 1. The third-order valence-electron chi connectivity index (χ3n) is 2.72. The van der Waals surface area contributed by atoms with Gasteiger partial charge in [0.2, 0.25) is 0 Å². The van der Waals surface area contributed by atoms with E-state index in [1.165, 1.54) is 6.20 Å². The average Bonchev–Trinajstić information content (AvgIpc) is 2.32. The number of aromatic nitrogens is 2. The summed E-state index contributed by atoms with van der Waals surface area (Å²) >= 11 is 5.91. The molecule has 1 aliphatic rings. The van der Waals surface area contributed by atoms with Crippen molar-refractivity contribution in [1.82, 2.24) is 20.2 Å². The summed E-state index contributed by atoms with van der Waals surface area (Å²) in [5.41, 5.74) is 0.613. The Labute approximate surface area is 104 Å². The average molecular weight is 257 g/mol. The van der Waals surface area contributed by atoms with E-state index in [0.29, 0.717) is 30.5 Å². The van der Waals surface area contributed by atoms with Crippen LogP contribution in [0.5, 0.6) is 0 Å². The van der Waals surface area contributed by atoms with Crippen LogP contribution in [-0.4, -0.2) is 51.6 Å². The molecule has 1 aliphatic heterocycles. The summed E-state index contributed by atoms with van der Waals surface area (Å²) in [5, 5.41) is 12.5. The molecule has 1 aromatic heterocycles. The largest absolute Gasteiger partial charge is 0.480 e. The molecule has 0 amide bonds. The van der Waals surface area contributed by atoms with E-state index < -0.39 is 12.0 Å². The molecule has 2 N–H and O–H groups in total. The smallest absolute Gasteiger partial charge is 0.322 e. The van der Waals surface area contributed by atoms with Gasteiger partial charge in [-0.15, -0.1) is 0 Å². The van der Waals surface area contributed by atoms with Crippen LogP contribution in [0.1, 0.15) is 5.69 Å². The van der Waals surface area contributed by atoms with Gasteiger partial charge in [0.25, 0.3) is 0 Å². The van der Waals surface area contributed by atoms with Crippen LogP contribution in [0.25, 0.3) is 0 Å². The van der Waals surface area contributed by atoms with Gasteiger partial charge in [-0.1, -0.05) is 11.6 Å². The third-order valence-corrected chi connectivity index (χ3v) is 3.03. The summed E-state index contributed by atoms with van der Waals surface area (Å²) in [5.74, 6) is -0.836. The highest BCUT2D eigenvalue weighted by Gasteiger charge is 2.28. The van der Waals surface area contributed by atoms with Gasteiger partial charge in [0.15, 0.2) is 5.15 Å². The molecule has 7 heteroatoms. The van der Waals surface area contributed by atoms with Crippen molar-refractivity contribution < 1.29 is 9.90 Å². The zero-order valence-corrected chi connectivity index (χ0v) is 9.89. The van der Waals surface area contributed by atoms with E-state index in [1.54, 1.807) is 6.20 Å². The summed E-state index contributed by atoms with van der Waals surface area (Å²) in [6.45, 7) is 2.27. The van der Waals surface area contributed by atoms with Crippen molar-refractivity contribution in [2.24, 2.45) is 0 Å². The minimum absolute atomic E-state index is 0.329. The summed E-state index contributed by atoms with van der Waals surface area (Å²) in [6.07, 6.45) is 3.07. The van der Waals surface area contributed by atoms with Gasteiger partial charge in [0, 0.05) is 38.6 Å². The molecule has 2 rings (SSSR count). The SMILES string of the molecule is O=C(O)C1CNCCN1Cc1nccnc1Cl. The molecule has 2 heterocycles. The zero-order valence-electron chi connectivity index (χ0n) is 9.14. The molecule has 1 fully saturated rings. The third kappa shape index (κ3) is 2.91. The molecule has 92 valence electrons. The van der Waals surface area contributed by atoms with Crippen molar-refractivity contribution >= 4 is 17.6 Å². The van der Waals surface area contributed by atoms with Crippen LogP contribution in [0.15, 0.2) is 12.4 Å². The van der Waals surface area contributed by atoms with Crippen LogP contribution in [0.4, 0.5) is 0 Å². The molecule has 1 unspecified atom stereocenters. The number of hydrogen-bond acceptors (Lipinski definition) is 5. The molecule has 0 bridgehead atoms. The van der Waals surface area contributed by atoms with Crippen LogP contribution in [0.2, 0.25) is 5.15 Å². The first-order valence-corrected chi connectivity index (χ1v) is 5.69. The molecule has 0 aromatic carbocycles. The first kappa shape index (κ1) is 12.2. The van der Waals surface area contributed by atoms with E-state index >= 15 is 0 Å². The predicted octanol–water partition coefficient (Wildman–Crippen LogP) is -0.0116. The molecular weight excluding hydrogens is 244 g/mol. The van der Waals surface area contributed by atoms with Crippen molar-refractivity contribution in [3.05, 3.63) is 23.2 Å². The van der Waals surface area contributed by atoms with Gasteiger partial charge >= 0.3 is 5.97 Å².